The maximum Gasteiger partial charge on any atom is 0.336 e. The number of nitrogens with one attached hydrogen (secondary N) is 1. The van der Waals surface area contributed by atoms with Gasteiger partial charge in [-0.3, -0.25) is 14.5 Å². The lowest BCUT2D eigenvalue weighted by atomic mass is 10.0. The Labute approximate surface area is 124 Å². The van der Waals surface area contributed by atoms with Crippen molar-refractivity contribution < 1.29 is 23.9 Å². The van der Waals surface area contributed by atoms with Crippen molar-refractivity contribution in [2.45, 2.75) is 32.9 Å². The molecule has 2 unspecified atom stereocenters. The number of amides is 1. The average Bonchev–Trinajstić information content (AvgIpc) is 2.43. The predicted molar refractivity (Wildman–Crippen MR) is 75.6 cm³/mol. The van der Waals surface area contributed by atoms with Gasteiger partial charge in [0.1, 0.15) is 0 Å². The lowest BCUT2D eigenvalue weighted by molar-refractivity contribution is -0.160. The minimum Gasteiger partial charge on any atom is -0.467 e. The van der Waals surface area contributed by atoms with Gasteiger partial charge in [0, 0.05) is 13.1 Å². The maximum absolute atomic E-state index is 12.0. The van der Waals surface area contributed by atoms with E-state index in [1.807, 2.05) is 18.7 Å². The summed E-state index contributed by atoms with van der Waals surface area (Å²) in [7, 11) is 1.30. The van der Waals surface area contributed by atoms with Gasteiger partial charge in [0.2, 0.25) is 5.91 Å². The van der Waals surface area contributed by atoms with Crippen LogP contribution in [0.2, 0.25) is 0 Å². The summed E-state index contributed by atoms with van der Waals surface area (Å²) in [5, 5.41) is 2.73. The molecule has 7 nitrogen and oxygen atoms in total. The molecule has 7 heteroatoms. The fourth-order valence-corrected chi connectivity index (χ4v) is 2.28. The Bertz CT molecular complexity index is 397. The van der Waals surface area contributed by atoms with Crippen LogP contribution in [0.4, 0.5) is 0 Å². The van der Waals surface area contributed by atoms with Crippen LogP contribution in [0.25, 0.3) is 0 Å². The van der Waals surface area contributed by atoms with E-state index in [1.165, 1.54) is 14.0 Å². The molecule has 0 radical (unpaired) electrons. The summed E-state index contributed by atoms with van der Waals surface area (Å²) in [5.74, 6) is -0.690. The highest BCUT2D eigenvalue weighted by Crippen LogP contribution is 2.07. The third-order valence-corrected chi connectivity index (χ3v) is 3.40. The number of Topliss-reactive ketones (excluding diaryl/α,β-unsaturated/α-hetero) is 1. The number of methoxy groups -OCH3 is 1. The highest BCUT2D eigenvalue weighted by Gasteiger charge is 2.29. The minimum absolute atomic E-state index is 0.0407. The average molecular weight is 300 g/mol. The van der Waals surface area contributed by atoms with E-state index in [4.69, 9.17) is 4.74 Å². The zero-order valence-corrected chi connectivity index (χ0v) is 13.0. The van der Waals surface area contributed by atoms with Gasteiger partial charge >= 0.3 is 5.97 Å². The van der Waals surface area contributed by atoms with Gasteiger partial charge in [0.25, 0.3) is 0 Å². The molecule has 1 aliphatic rings. The molecule has 0 bridgehead atoms. The van der Waals surface area contributed by atoms with Crippen LogP contribution in [0.3, 0.4) is 0 Å². The van der Waals surface area contributed by atoms with E-state index in [2.05, 4.69) is 10.1 Å². The predicted octanol–water partition coefficient (Wildman–Crippen LogP) is -0.410. The number of ketones is 1. The summed E-state index contributed by atoms with van der Waals surface area (Å²) in [6.07, 6.45) is -0.662. The van der Waals surface area contributed by atoms with E-state index in [9.17, 15) is 14.4 Å². The summed E-state index contributed by atoms with van der Waals surface area (Å²) < 4.78 is 9.93. The Morgan fingerprint density at radius 3 is 2.57 bits per heavy atom. The normalized spacial score (nSPS) is 20.9. The number of hydrogen-bond donors (Lipinski definition) is 1. The van der Waals surface area contributed by atoms with Crippen molar-refractivity contribution in [1.82, 2.24) is 10.2 Å². The first kappa shape index (κ1) is 17.6. The Hall–Kier alpha value is -1.47. The number of ether oxygens (including phenoxy) is 2. The molecule has 0 saturated carbocycles. The van der Waals surface area contributed by atoms with Crippen LogP contribution in [0.15, 0.2) is 0 Å². The van der Waals surface area contributed by atoms with Crippen molar-refractivity contribution >= 4 is 17.7 Å². The number of carbonyl (C=O) groups excluding carboxylic acids is 3. The lowest BCUT2D eigenvalue weighted by Gasteiger charge is -2.31. The molecule has 0 aromatic carbocycles. The Morgan fingerprint density at radius 1 is 1.38 bits per heavy atom. The third kappa shape index (κ3) is 5.43. The molecule has 1 saturated heterocycles. The minimum atomic E-state index is -0.662. The van der Waals surface area contributed by atoms with Crippen LogP contribution < -0.4 is 5.32 Å². The zero-order chi connectivity index (χ0) is 16.0. The van der Waals surface area contributed by atoms with Crippen LogP contribution >= 0.6 is 0 Å². The Morgan fingerprint density at radius 2 is 2.05 bits per heavy atom. The number of carbonyl (C=O) groups is 3. The zero-order valence-electron chi connectivity index (χ0n) is 13.0. The van der Waals surface area contributed by atoms with Crippen molar-refractivity contribution in [3.05, 3.63) is 0 Å². The lowest BCUT2D eigenvalue weighted by Crippen LogP contribution is -2.52. The molecule has 21 heavy (non-hydrogen) atoms. The molecule has 0 aliphatic carbocycles. The smallest absolute Gasteiger partial charge is 0.336 e. The van der Waals surface area contributed by atoms with Crippen LogP contribution in [0.1, 0.15) is 20.8 Å². The van der Waals surface area contributed by atoms with Gasteiger partial charge in [-0.05, 0) is 12.8 Å². The monoisotopic (exact) mass is 300 g/mol. The van der Waals surface area contributed by atoms with E-state index in [-0.39, 0.29) is 24.2 Å². The van der Waals surface area contributed by atoms with Gasteiger partial charge in [-0.1, -0.05) is 13.8 Å². The first-order valence-electron chi connectivity index (χ1n) is 7.06. The van der Waals surface area contributed by atoms with Crippen molar-refractivity contribution in [3.63, 3.8) is 0 Å². The molecule has 1 amide bonds. The van der Waals surface area contributed by atoms with Crippen molar-refractivity contribution in [2.75, 3.05) is 33.4 Å². The van der Waals surface area contributed by atoms with Gasteiger partial charge in [-0.2, -0.15) is 0 Å². The second-order valence-electron chi connectivity index (χ2n) is 5.52. The number of hydrogen-bond acceptors (Lipinski definition) is 6. The highest BCUT2D eigenvalue weighted by molar-refractivity contribution is 5.88. The maximum atomic E-state index is 12.0. The third-order valence-electron chi connectivity index (χ3n) is 3.40. The second-order valence-corrected chi connectivity index (χ2v) is 5.52. The Kier molecular flexibility index (Phi) is 6.77. The molecule has 1 heterocycles. The molecular formula is C14H24N2O5. The van der Waals surface area contributed by atoms with Gasteiger partial charge < -0.3 is 14.8 Å². The van der Waals surface area contributed by atoms with Crippen LogP contribution in [0.5, 0.6) is 0 Å². The first-order valence-corrected chi connectivity index (χ1v) is 7.06. The van der Waals surface area contributed by atoms with Gasteiger partial charge in [0.05, 0.1) is 26.3 Å². The SMILES string of the molecule is COC(=O)C1CN(CC(=O)NC(C(C)=O)C(C)C)CCO1. The molecule has 0 aromatic heterocycles. The quantitative estimate of drug-likeness (QED) is 0.671. The first-order chi connectivity index (χ1) is 9.85. The molecule has 1 fully saturated rings. The second kappa shape index (κ2) is 8.09. The van der Waals surface area contributed by atoms with Gasteiger partial charge in [-0.25, -0.2) is 4.79 Å². The molecule has 0 aromatic rings. The van der Waals surface area contributed by atoms with Gasteiger partial charge in [0.15, 0.2) is 11.9 Å². The fourth-order valence-electron chi connectivity index (χ4n) is 2.28. The summed E-state index contributed by atoms with van der Waals surface area (Å²) >= 11 is 0. The molecule has 0 spiro atoms. The van der Waals surface area contributed by atoms with E-state index in [1.54, 1.807) is 0 Å². The summed E-state index contributed by atoms with van der Waals surface area (Å²) in [6, 6.07) is -0.477. The largest absolute Gasteiger partial charge is 0.467 e. The number of esters is 1. The number of morpholine rings is 1. The van der Waals surface area contributed by atoms with E-state index in [0.717, 1.165) is 0 Å². The van der Waals surface area contributed by atoms with E-state index < -0.39 is 18.1 Å². The van der Waals surface area contributed by atoms with Crippen LogP contribution in [0, 0.1) is 5.92 Å². The van der Waals surface area contributed by atoms with E-state index >= 15 is 0 Å². The standard InChI is InChI=1S/C14H24N2O5/c1-9(2)13(10(3)17)15-12(18)8-16-5-6-21-11(7-16)14(19)20-4/h9,11,13H,5-8H2,1-4H3,(H,15,18). The van der Waals surface area contributed by atoms with Crippen LogP contribution in [-0.4, -0.2) is 68.1 Å². The Balaban J connectivity index is 2.50. The number of rotatable bonds is 6. The molecule has 1 N–H and O–H groups in total. The summed E-state index contributed by atoms with van der Waals surface area (Å²) in [4.78, 5) is 36.8. The molecule has 120 valence electrons. The molecule has 1 aliphatic heterocycles. The highest BCUT2D eigenvalue weighted by atomic mass is 16.6. The molecule has 2 atom stereocenters. The number of nitrogens with zero attached hydrogens (tertiary/aromatic N) is 1. The van der Waals surface area contributed by atoms with Gasteiger partial charge in [-0.15, -0.1) is 0 Å². The topological polar surface area (TPSA) is 84.9 Å². The van der Waals surface area contributed by atoms with Crippen molar-refractivity contribution in [2.24, 2.45) is 5.92 Å². The molecule has 1 rings (SSSR count). The van der Waals surface area contributed by atoms with Crippen molar-refractivity contribution in [1.29, 1.82) is 0 Å². The van der Waals surface area contributed by atoms with Crippen molar-refractivity contribution in [3.8, 4) is 0 Å². The summed E-state index contributed by atoms with van der Waals surface area (Å²) in [6.45, 7) is 6.61. The van der Waals surface area contributed by atoms with Crippen LogP contribution in [-0.2, 0) is 23.9 Å². The molecular weight excluding hydrogens is 276 g/mol. The fraction of sp³-hybridized carbons (Fsp3) is 0.786. The summed E-state index contributed by atoms with van der Waals surface area (Å²) in [5.41, 5.74) is 0. The van der Waals surface area contributed by atoms with E-state index in [0.29, 0.717) is 19.7 Å².